The molecule has 0 aliphatic carbocycles. The summed E-state index contributed by atoms with van der Waals surface area (Å²) in [6.45, 7) is 0. The number of benzene rings is 8. The van der Waals surface area contributed by atoms with Crippen LogP contribution in [0.15, 0.2) is 200 Å². The summed E-state index contributed by atoms with van der Waals surface area (Å²) >= 11 is 0. The Hall–Kier alpha value is -7.63. The van der Waals surface area contributed by atoms with Crippen LogP contribution in [0.25, 0.3) is 100 Å². The summed E-state index contributed by atoms with van der Waals surface area (Å²) in [5, 5.41) is -1.15. The second-order valence-corrected chi connectivity index (χ2v) is 12.7. The molecule has 11 rings (SSSR count). The van der Waals surface area contributed by atoms with E-state index in [0.29, 0.717) is 11.1 Å². The molecular formula is C51H33N5. The molecule has 5 nitrogen and oxygen atoms in total. The van der Waals surface area contributed by atoms with Crippen LogP contribution in [-0.4, -0.2) is 24.1 Å². The van der Waals surface area contributed by atoms with E-state index >= 15 is 0 Å². The lowest BCUT2D eigenvalue weighted by molar-refractivity contribution is 0.953. The maximum Gasteiger partial charge on any atom is 0.238 e. The second-order valence-electron chi connectivity index (χ2n) is 12.7. The highest BCUT2D eigenvalue weighted by molar-refractivity contribution is 6.23. The average molecular weight is 734 g/mol. The first-order valence-electron chi connectivity index (χ1n) is 26.4. The molecule has 0 aliphatic rings. The van der Waals surface area contributed by atoms with Crippen molar-refractivity contribution in [3.05, 3.63) is 200 Å². The fraction of sp³-hybridized carbons (Fsp3) is 0. The van der Waals surface area contributed by atoms with E-state index in [1.54, 1.807) is 42.5 Å². The van der Waals surface area contributed by atoms with Crippen LogP contribution in [0.2, 0.25) is 0 Å². The largest absolute Gasteiger partial charge is 0.307 e. The van der Waals surface area contributed by atoms with Gasteiger partial charge in [0.25, 0.3) is 0 Å². The van der Waals surface area contributed by atoms with Crippen LogP contribution in [0.3, 0.4) is 0 Å². The number of nitrogens with zero attached hydrogens (tertiary/aromatic N) is 5. The average Bonchev–Trinajstić information content (AvgIpc) is 3.98. The Morgan fingerprint density at radius 3 is 1.50 bits per heavy atom. The Balaban J connectivity index is 1.36. The van der Waals surface area contributed by atoms with Crippen LogP contribution < -0.4 is 0 Å². The Morgan fingerprint density at radius 1 is 0.339 bits per heavy atom. The molecule has 3 heterocycles. The molecule has 0 saturated heterocycles. The van der Waals surface area contributed by atoms with Gasteiger partial charge in [-0.25, -0.2) is 4.98 Å². The van der Waals surface area contributed by atoms with Crippen LogP contribution in [-0.2, 0) is 0 Å². The molecule has 8 aromatic carbocycles. The molecule has 56 heavy (non-hydrogen) atoms. The van der Waals surface area contributed by atoms with E-state index < -0.39 is 126 Å². The molecule has 0 spiro atoms. The molecule has 3 aromatic heterocycles. The minimum atomic E-state index is -0.811. The number of para-hydroxylation sites is 2. The van der Waals surface area contributed by atoms with Crippen LogP contribution in [0.4, 0.5) is 0 Å². The van der Waals surface area contributed by atoms with Crippen molar-refractivity contribution < 1.29 is 24.7 Å². The zero-order valence-electron chi connectivity index (χ0n) is 46.9. The third kappa shape index (κ3) is 5.21. The molecule has 5 heteroatoms. The van der Waals surface area contributed by atoms with Crippen molar-refractivity contribution in [1.29, 1.82) is 0 Å². The molecule has 0 unspecified atom stereocenters. The Kier molecular flexibility index (Phi) is 4.33. The fourth-order valence-electron chi connectivity index (χ4n) is 6.97. The SMILES string of the molecule is [2H]c1cc(-n2c3c([2H])c([2H])c([2H])c([2H])c3c3c([2H])c([2H])c4c5c([2H])c([2H])c([2H])c([2H])c5n(-c5nc(-c6ccccc6)nc(-c6ccc(-c7ccccc7)cc6)n5)c4c32)c([2H])c([2H])c1-c1c([2H])c([2H])c([2H])c([2H])c1[2H]. The quantitative estimate of drug-likeness (QED) is 0.171. The molecule has 0 saturated carbocycles. The van der Waals surface area contributed by atoms with Crippen molar-refractivity contribution in [2.75, 3.05) is 0 Å². The Labute approximate surface area is 348 Å². The molecule has 11 aromatic rings. The Bertz CT molecular complexity index is 4250. The maximum atomic E-state index is 9.71. The predicted molar refractivity (Wildman–Crippen MR) is 230 cm³/mol. The van der Waals surface area contributed by atoms with Crippen LogP contribution in [0.1, 0.15) is 24.7 Å². The highest BCUT2D eigenvalue weighted by Crippen LogP contribution is 2.42. The van der Waals surface area contributed by atoms with E-state index in [-0.39, 0.29) is 61.2 Å². The van der Waals surface area contributed by atoms with E-state index in [1.807, 2.05) is 42.5 Å². The van der Waals surface area contributed by atoms with E-state index in [9.17, 15) is 12.3 Å². The number of aromatic nitrogens is 5. The number of hydrogen-bond acceptors (Lipinski definition) is 3. The lowest BCUT2D eigenvalue weighted by Crippen LogP contribution is -2.07. The molecule has 0 fully saturated rings. The van der Waals surface area contributed by atoms with Gasteiger partial charge in [0, 0.05) is 38.4 Å². The number of fused-ring (bicyclic) bond motifs is 7. The normalized spacial score (nSPS) is 16.1. The van der Waals surface area contributed by atoms with Gasteiger partial charge in [-0.15, -0.1) is 0 Å². The van der Waals surface area contributed by atoms with Gasteiger partial charge in [0.15, 0.2) is 11.6 Å². The van der Waals surface area contributed by atoms with Crippen molar-refractivity contribution in [3.8, 4) is 56.7 Å². The van der Waals surface area contributed by atoms with Gasteiger partial charge in [-0.2, -0.15) is 9.97 Å². The van der Waals surface area contributed by atoms with Gasteiger partial charge in [0.05, 0.1) is 46.7 Å². The van der Waals surface area contributed by atoms with Gasteiger partial charge in [0.1, 0.15) is 0 Å². The van der Waals surface area contributed by atoms with Crippen LogP contribution >= 0.6 is 0 Å². The zero-order valence-corrected chi connectivity index (χ0v) is 28.9. The Morgan fingerprint density at radius 2 is 0.839 bits per heavy atom. The number of rotatable bonds is 6. The zero-order chi connectivity index (χ0) is 52.7. The first kappa shape index (κ1) is 18.6. The standard InChI is InChI=1S/C51H33N5/c1-4-14-34(15-5-1)36-24-26-39(27-25-36)50-52-49(38-18-8-3-9-19-38)53-51(54-50)56-46-23-13-11-21-42(46)44-33-32-43-41-20-10-12-22-45(41)55(47(43)48(44)56)40-30-28-37(29-31-40)35-16-6-2-7-17-35/h1-33H/i2D,6D,7D,10D,11D,12D,13D,16D,17D,20D,21D,22D,23D,28D,29D,30D,32D,33D. The molecule has 0 atom stereocenters. The molecule has 0 N–H and O–H groups in total. The van der Waals surface area contributed by atoms with Crippen LogP contribution in [0.5, 0.6) is 0 Å². The van der Waals surface area contributed by atoms with E-state index in [1.165, 1.54) is 4.57 Å². The summed E-state index contributed by atoms with van der Waals surface area (Å²) in [4.78, 5) is 14.8. The third-order valence-electron chi connectivity index (χ3n) is 9.51. The monoisotopic (exact) mass is 733 g/mol. The number of hydrogen-bond donors (Lipinski definition) is 0. The van der Waals surface area contributed by atoms with Gasteiger partial charge < -0.3 is 4.57 Å². The molecule has 0 aliphatic heterocycles. The van der Waals surface area contributed by atoms with Gasteiger partial charge in [-0.05, 0) is 46.4 Å². The summed E-state index contributed by atoms with van der Waals surface area (Å²) in [5.74, 6) is -0.0772. The summed E-state index contributed by atoms with van der Waals surface area (Å²) < 4.78 is 165. The van der Waals surface area contributed by atoms with Crippen molar-refractivity contribution >= 4 is 43.6 Å². The minimum Gasteiger partial charge on any atom is -0.307 e. The van der Waals surface area contributed by atoms with E-state index in [0.717, 1.165) is 21.8 Å². The maximum absolute atomic E-state index is 9.71. The summed E-state index contributed by atoms with van der Waals surface area (Å²) in [7, 11) is 0. The van der Waals surface area contributed by atoms with Crippen molar-refractivity contribution in [2.24, 2.45) is 0 Å². The molecule has 0 amide bonds. The van der Waals surface area contributed by atoms with E-state index in [4.69, 9.17) is 27.3 Å². The minimum absolute atomic E-state index is 0.0956. The van der Waals surface area contributed by atoms with E-state index in [2.05, 4.69) is 0 Å². The van der Waals surface area contributed by atoms with Crippen molar-refractivity contribution in [2.45, 2.75) is 0 Å². The van der Waals surface area contributed by atoms with Crippen molar-refractivity contribution in [3.63, 3.8) is 0 Å². The van der Waals surface area contributed by atoms with Gasteiger partial charge in [-0.3, -0.25) is 4.57 Å². The molecule has 0 radical (unpaired) electrons. The molecule has 0 bridgehead atoms. The lowest BCUT2D eigenvalue weighted by atomic mass is 10.0. The fourth-order valence-corrected chi connectivity index (χ4v) is 6.97. The lowest BCUT2D eigenvalue weighted by Gasteiger charge is -2.14. The molecular weight excluding hydrogens is 683 g/mol. The first-order chi connectivity index (χ1) is 35.3. The van der Waals surface area contributed by atoms with Gasteiger partial charge >= 0.3 is 0 Å². The molecule has 262 valence electrons. The second kappa shape index (κ2) is 13.0. The predicted octanol–water partition coefficient (Wildman–Crippen LogP) is 12.7. The summed E-state index contributed by atoms with van der Waals surface area (Å²) in [6, 6.07) is 14.1. The summed E-state index contributed by atoms with van der Waals surface area (Å²) in [5.41, 5.74) is 0.193. The smallest absolute Gasteiger partial charge is 0.238 e. The highest BCUT2D eigenvalue weighted by atomic mass is 15.2. The third-order valence-corrected chi connectivity index (χ3v) is 9.51. The highest BCUT2D eigenvalue weighted by Gasteiger charge is 2.23. The summed E-state index contributed by atoms with van der Waals surface area (Å²) in [6.07, 6.45) is 0. The first-order valence-corrected chi connectivity index (χ1v) is 17.4. The van der Waals surface area contributed by atoms with Crippen LogP contribution in [0, 0.1) is 0 Å². The topological polar surface area (TPSA) is 48.5 Å². The van der Waals surface area contributed by atoms with Crippen molar-refractivity contribution in [1.82, 2.24) is 24.1 Å². The van der Waals surface area contributed by atoms with Gasteiger partial charge in [0.2, 0.25) is 5.95 Å². The van der Waals surface area contributed by atoms with Gasteiger partial charge in [-0.1, -0.05) is 176 Å².